The maximum Gasteiger partial charge on any atom is 0.422 e. The highest BCUT2D eigenvalue weighted by atomic mass is 19.4. The number of aromatic nitrogens is 2. The molecular weight excluding hydrogens is 209 g/mol. The molecule has 0 amide bonds. The number of nitrogens with zero attached hydrogens (tertiary/aromatic N) is 1. The van der Waals surface area contributed by atoms with Crippen LogP contribution >= 0.6 is 0 Å². The fourth-order valence-corrected chi connectivity index (χ4v) is 1.25. The number of hydrogen-bond donors (Lipinski definition) is 1. The first-order chi connectivity index (χ1) is 6.64. The smallest absolute Gasteiger partial charge is 0.267 e. The summed E-state index contributed by atoms with van der Waals surface area (Å²) in [5.74, 6) is 0. The Labute approximate surface area is 84.3 Å². The van der Waals surface area contributed by atoms with Gasteiger partial charge >= 0.3 is 6.18 Å². The molecule has 0 radical (unpaired) electrons. The van der Waals surface area contributed by atoms with Gasteiger partial charge < -0.3 is 0 Å². The Morgan fingerprint density at radius 1 is 1.27 bits per heavy atom. The van der Waals surface area contributed by atoms with Gasteiger partial charge in [-0.25, -0.2) is 5.10 Å². The summed E-state index contributed by atoms with van der Waals surface area (Å²) in [5.41, 5.74) is -3.23. The fourth-order valence-electron chi connectivity index (χ4n) is 1.25. The summed E-state index contributed by atoms with van der Waals surface area (Å²) in [6.45, 7) is 4.79. The van der Waals surface area contributed by atoms with Gasteiger partial charge in [0, 0.05) is 0 Å². The topological polar surface area (TPSA) is 45.8 Å². The van der Waals surface area contributed by atoms with Crippen molar-refractivity contribution in [3.05, 3.63) is 27.7 Å². The minimum absolute atomic E-state index is 0.0984. The molecule has 0 spiro atoms. The van der Waals surface area contributed by atoms with E-state index in [0.29, 0.717) is 0 Å². The molecule has 84 valence electrons. The van der Waals surface area contributed by atoms with E-state index < -0.39 is 22.7 Å². The van der Waals surface area contributed by atoms with Gasteiger partial charge in [-0.05, 0) is 11.0 Å². The van der Waals surface area contributed by atoms with Crippen molar-refractivity contribution in [1.29, 1.82) is 0 Å². The van der Waals surface area contributed by atoms with E-state index in [9.17, 15) is 18.0 Å². The van der Waals surface area contributed by atoms with Crippen LogP contribution in [0.15, 0.2) is 11.0 Å². The van der Waals surface area contributed by atoms with Crippen molar-refractivity contribution in [1.82, 2.24) is 10.2 Å². The van der Waals surface area contributed by atoms with Crippen LogP contribution in [-0.2, 0) is 11.6 Å². The minimum Gasteiger partial charge on any atom is -0.267 e. The molecule has 1 aromatic heterocycles. The van der Waals surface area contributed by atoms with Crippen LogP contribution in [0.4, 0.5) is 13.2 Å². The van der Waals surface area contributed by atoms with Gasteiger partial charge in [0.05, 0.1) is 6.20 Å². The molecule has 0 saturated carbocycles. The third-order valence-electron chi connectivity index (χ3n) is 1.95. The lowest BCUT2D eigenvalue weighted by atomic mass is 9.85. The number of H-pyrrole nitrogens is 1. The molecular formula is C9H11F3N2O. The van der Waals surface area contributed by atoms with Crippen molar-refractivity contribution in [2.24, 2.45) is 0 Å². The molecule has 0 aromatic carbocycles. The second kappa shape index (κ2) is 3.36. The van der Waals surface area contributed by atoms with Crippen LogP contribution in [-0.4, -0.2) is 10.2 Å². The summed E-state index contributed by atoms with van der Waals surface area (Å²) in [4.78, 5) is 11.1. The Bertz CT molecular complexity index is 415. The van der Waals surface area contributed by atoms with E-state index in [1.807, 2.05) is 0 Å². The zero-order valence-electron chi connectivity index (χ0n) is 8.57. The Hall–Kier alpha value is -1.33. The lowest BCUT2D eigenvalue weighted by Crippen LogP contribution is -2.29. The molecule has 3 nitrogen and oxygen atoms in total. The van der Waals surface area contributed by atoms with E-state index in [1.165, 1.54) is 0 Å². The zero-order valence-corrected chi connectivity index (χ0v) is 8.57. The Morgan fingerprint density at radius 2 is 1.80 bits per heavy atom. The first-order valence-electron chi connectivity index (χ1n) is 4.29. The number of hydrogen-bond acceptors (Lipinski definition) is 2. The van der Waals surface area contributed by atoms with E-state index in [-0.39, 0.29) is 5.56 Å². The van der Waals surface area contributed by atoms with Gasteiger partial charge in [-0.3, -0.25) is 4.79 Å². The molecule has 6 heteroatoms. The molecule has 0 aliphatic heterocycles. The van der Waals surface area contributed by atoms with Crippen LogP contribution < -0.4 is 5.56 Å². The van der Waals surface area contributed by atoms with Crippen molar-refractivity contribution < 1.29 is 13.2 Å². The molecule has 0 atom stereocenters. The van der Waals surface area contributed by atoms with Crippen LogP contribution in [0, 0.1) is 0 Å². The van der Waals surface area contributed by atoms with Gasteiger partial charge in [-0.1, -0.05) is 20.8 Å². The van der Waals surface area contributed by atoms with Crippen LogP contribution in [0.25, 0.3) is 0 Å². The SMILES string of the molecule is CC(C)(C)c1cn[nH]c(=O)c1C(F)(F)F. The number of alkyl halides is 3. The summed E-state index contributed by atoms with van der Waals surface area (Å²) in [6, 6.07) is 0. The predicted molar refractivity (Wildman–Crippen MR) is 48.6 cm³/mol. The number of nitrogens with one attached hydrogen (secondary N) is 1. The second-order valence-corrected chi connectivity index (χ2v) is 4.24. The molecule has 1 N–H and O–H groups in total. The quantitative estimate of drug-likeness (QED) is 0.727. The molecule has 1 rings (SSSR count). The van der Waals surface area contributed by atoms with Gasteiger partial charge in [0.15, 0.2) is 0 Å². The number of rotatable bonds is 0. The highest BCUT2D eigenvalue weighted by Gasteiger charge is 2.39. The van der Waals surface area contributed by atoms with Crippen molar-refractivity contribution >= 4 is 0 Å². The van der Waals surface area contributed by atoms with E-state index >= 15 is 0 Å². The Kier molecular flexibility index (Phi) is 2.63. The van der Waals surface area contributed by atoms with E-state index in [0.717, 1.165) is 6.20 Å². The summed E-state index contributed by atoms with van der Waals surface area (Å²) in [6.07, 6.45) is -3.61. The van der Waals surface area contributed by atoms with Crippen molar-refractivity contribution in [3.63, 3.8) is 0 Å². The normalized spacial score (nSPS) is 12.9. The standard InChI is InChI=1S/C9H11F3N2O/c1-8(2,3)5-4-13-14-7(15)6(5)9(10,11)12/h4H,1-3H3,(H,14,15). The minimum atomic E-state index is -4.65. The third kappa shape index (κ3) is 2.37. The molecule has 0 fully saturated rings. The fraction of sp³-hybridized carbons (Fsp3) is 0.556. The van der Waals surface area contributed by atoms with Gasteiger partial charge in [-0.15, -0.1) is 0 Å². The molecule has 0 saturated heterocycles. The Morgan fingerprint density at radius 3 is 2.13 bits per heavy atom. The van der Waals surface area contributed by atoms with Gasteiger partial charge in [0.2, 0.25) is 0 Å². The largest absolute Gasteiger partial charge is 0.422 e. The van der Waals surface area contributed by atoms with Crippen LogP contribution in [0.5, 0.6) is 0 Å². The Balaban J connectivity index is 3.55. The van der Waals surface area contributed by atoms with Crippen molar-refractivity contribution in [3.8, 4) is 0 Å². The molecule has 0 aliphatic rings. The summed E-state index contributed by atoms with van der Waals surface area (Å²) < 4.78 is 37.8. The van der Waals surface area contributed by atoms with E-state index in [1.54, 1.807) is 25.9 Å². The van der Waals surface area contributed by atoms with Crippen LogP contribution in [0.2, 0.25) is 0 Å². The monoisotopic (exact) mass is 220 g/mol. The van der Waals surface area contributed by atoms with Gasteiger partial charge in [0.25, 0.3) is 5.56 Å². The highest BCUT2D eigenvalue weighted by Crippen LogP contribution is 2.34. The first-order valence-corrected chi connectivity index (χ1v) is 4.29. The average Bonchev–Trinajstić information content (AvgIpc) is 1.99. The molecule has 1 heterocycles. The lowest BCUT2D eigenvalue weighted by molar-refractivity contribution is -0.139. The first kappa shape index (κ1) is 11.7. The second-order valence-electron chi connectivity index (χ2n) is 4.24. The predicted octanol–water partition coefficient (Wildman–Crippen LogP) is 2.09. The summed E-state index contributed by atoms with van der Waals surface area (Å²) in [5, 5.41) is 5.18. The van der Waals surface area contributed by atoms with Crippen molar-refractivity contribution in [2.75, 3.05) is 0 Å². The molecule has 0 unspecified atom stereocenters. The van der Waals surface area contributed by atoms with Gasteiger partial charge in [0.1, 0.15) is 5.56 Å². The van der Waals surface area contributed by atoms with Gasteiger partial charge in [-0.2, -0.15) is 18.3 Å². The van der Waals surface area contributed by atoms with E-state index in [2.05, 4.69) is 5.10 Å². The maximum absolute atomic E-state index is 12.6. The average molecular weight is 220 g/mol. The lowest BCUT2D eigenvalue weighted by Gasteiger charge is -2.22. The highest BCUT2D eigenvalue weighted by molar-refractivity contribution is 5.30. The molecule has 0 bridgehead atoms. The van der Waals surface area contributed by atoms with Crippen LogP contribution in [0.3, 0.4) is 0 Å². The zero-order chi connectivity index (χ0) is 11.9. The van der Waals surface area contributed by atoms with E-state index in [4.69, 9.17) is 0 Å². The summed E-state index contributed by atoms with van der Waals surface area (Å²) >= 11 is 0. The molecule has 0 aliphatic carbocycles. The van der Waals surface area contributed by atoms with Crippen LogP contribution in [0.1, 0.15) is 31.9 Å². The number of aromatic amines is 1. The van der Waals surface area contributed by atoms with Crippen molar-refractivity contribution in [2.45, 2.75) is 32.4 Å². The third-order valence-corrected chi connectivity index (χ3v) is 1.95. The number of halogens is 3. The molecule has 15 heavy (non-hydrogen) atoms. The summed E-state index contributed by atoms with van der Waals surface area (Å²) in [7, 11) is 0. The molecule has 1 aromatic rings. The maximum atomic E-state index is 12.6.